The van der Waals surface area contributed by atoms with Gasteiger partial charge in [-0.05, 0) is 29.3 Å². The number of rotatable bonds is 5. The van der Waals surface area contributed by atoms with Crippen molar-refractivity contribution in [2.24, 2.45) is 5.73 Å². The highest BCUT2D eigenvalue weighted by molar-refractivity contribution is 7.89. The van der Waals surface area contributed by atoms with Crippen molar-refractivity contribution in [3.63, 3.8) is 0 Å². The molecule has 4 rings (SSSR count). The molecule has 0 bridgehead atoms. The number of hydrogen-bond acceptors (Lipinski definition) is 5. The van der Waals surface area contributed by atoms with Crippen LogP contribution in [0.25, 0.3) is 10.9 Å². The second-order valence-corrected chi connectivity index (χ2v) is 8.68. The van der Waals surface area contributed by atoms with E-state index >= 15 is 0 Å². The lowest BCUT2D eigenvalue weighted by Crippen LogP contribution is -2.43. The van der Waals surface area contributed by atoms with Crippen LogP contribution < -0.4 is 16.0 Å². The summed E-state index contributed by atoms with van der Waals surface area (Å²) in [6, 6.07) is 15.2. The summed E-state index contributed by atoms with van der Waals surface area (Å²) in [5.74, 6) is -0.0422. The second-order valence-electron chi connectivity index (χ2n) is 6.84. The average Bonchev–Trinajstić information content (AvgIpc) is 3.14. The van der Waals surface area contributed by atoms with Gasteiger partial charge >= 0.3 is 0 Å². The van der Waals surface area contributed by atoms with Crippen LogP contribution in [0.1, 0.15) is 11.1 Å². The Kier molecular flexibility index (Phi) is 4.90. The van der Waals surface area contributed by atoms with Gasteiger partial charge < -0.3 is 16.0 Å². The number of piperazine rings is 1. The molecule has 3 aromatic rings. The van der Waals surface area contributed by atoms with Gasteiger partial charge in [-0.1, -0.05) is 30.3 Å². The molecule has 1 aliphatic heterocycles. The SMILES string of the molecule is NCc1ccc(CS(=O)(=O)n2ccc3c(N4CCNCC4)cccc32)cc1. The second kappa shape index (κ2) is 7.34. The summed E-state index contributed by atoms with van der Waals surface area (Å²) in [5, 5.41) is 4.32. The first-order valence-corrected chi connectivity index (χ1v) is 10.8. The van der Waals surface area contributed by atoms with E-state index in [4.69, 9.17) is 5.73 Å². The van der Waals surface area contributed by atoms with E-state index in [1.165, 1.54) is 3.97 Å². The lowest BCUT2D eigenvalue weighted by molar-refractivity contribution is 0.588. The van der Waals surface area contributed by atoms with E-state index in [0.29, 0.717) is 6.54 Å². The third-order valence-corrected chi connectivity index (χ3v) is 6.66. The number of hydrogen-bond donors (Lipinski definition) is 2. The minimum atomic E-state index is -3.51. The normalized spacial score (nSPS) is 15.4. The van der Waals surface area contributed by atoms with Crippen LogP contribution in [-0.2, 0) is 22.3 Å². The molecule has 6 nitrogen and oxygen atoms in total. The number of benzene rings is 2. The minimum absolute atomic E-state index is 0.0422. The lowest BCUT2D eigenvalue weighted by atomic mass is 10.1. The van der Waals surface area contributed by atoms with Crippen molar-refractivity contribution >= 4 is 26.6 Å². The highest BCUT2D eigenvalue weighted by atomic mass is 32.2. The Labute approximate surface area is 159 Å². The Morgan fingerprint density at radius 1 is 0.963 bits per heavy atom. The van der Waals surface area contributed by atoms with Gasteiger partial charge in [-0.15, -0.1) is 0 Å². The zero-order valence-electron chi connectivity index (χ0n) is 15.1. The molecule has 0 unspecified atom stereocenters. The van der Waals surface area contributed by atoms with Crippen LogP contribution in [0.3, 0.4) is 0 Å². The van der Waals surface area contributed by atoms with Crippen LogP contribution in [0.2, 0.25) is 0 Å². The molecule has 2 aromatic carbocycles. The van der Waals surface area contributed by atoms with Crippen molar-refractivity contribution in [1.82, 2.24) is 9.29 Å². The third kappa shape index (κ3) is 3.58. The number of aromatic nitrogens is 1. The average molecular weight is 385 g/mol. The summed E-state index contributed by atoms with van der Waals surface area (Å²) >= 11 is 0. The number of anilines is 1. The number of nitrogens with two attached hydrogens (primary N) is 1. The van der Waals surface area contributed by atoms with Crippen molar-refractivity contribution in [3.05, 3.63) is 65.9 Å². The molecular formula is C20H24N4O2S. The van der Waals surface area contributed by atoms with Gasteiger partial charge in [0.2, 0.25) is 10.0 Å². The van der Waals surface area contributed by atoms with E-state index < -0.39 is 10.0 Å². The topological polar surface area (TPSA) is 80.4 Å². The van der Waals surface area contributed by atoms with Crippen LogP contribution in [0, 0.1) is 0 Å². The smallest absolute Gasteiger partial charge is 0.243 e. The molecule has 0 radical (unpaired) electrons. The fourth-order valence-corrected chi connectivity index (χ4v) is 5.06. The maximum Gasteiger partial charge on any atom is 0.243 e. The van der Waals surface area contributed by atoms with E-state index in [1.807, 2.05) is 42.5 Å². The van der Waals surface area contributed by atoms with Crippen LogP contribution in [0.15, 0.2) is 54.7 Å². The highest BCUT2D eigenvalue weighted by Crippen LogP contribution is 2.29. The van der Waals surface area contributed by atoms with E-state index in [-0.39, 0.29) is 5.75 Å². The molecule has 0 spiro atoms. The Balaban J connectivity index is 1.68. The molecule has 1 aromatic heterocycles. The molecular weight excluding hydrogens is 360 g/mol. The van der Waals surface area contributed by atoms with Crippen LogP contribution in [-0.4, -0.2) is 38.6 Å². The summed E-state index contributed by atoms with van der Waals surface area (Å²) in [4.78, 5) is 2.31. The largest absolute Gasteiger partial charge is 0.368 e. The Hall–Kier alpha value is -2.35. The van der Waals surface area contributed by atoms with Crippen molar-refractivity contribution in [2.45, 2.75) is 12.3 Å². The molecule has 0 amide bonds. The monoisotopic (exact) mass is 384 g/mol. The molecule has 1 aliphatic rings. The third-order valence-electron chi connectivity index (χ3n) is 5.04. The standard InChI is InChI=1S/C20H24N4O2S/c21-14-16-4-6-17(7-5-16)15-27(25,26)24-11-8-18-19(2-1-3-20(18)24)23-12-9-22-10-13-23/h1-8,11,22H,9-10,12-15,21H2. The highest BCUT2D eigenvalue weighted by Gasteiger charge is 2.20. The quantitative estimate of drug-likeness (QED) is 0.702. The van der Waals surface area contributed by atoms with Crippen molar-refractivity contribution in [2.75, 3.05) is 31.1 Å². The van der Waals surface area contributed by atoms with E-state index in [9.17, 15) is 8.42 Å². The Morgan fingerprint density at radius 2 is 1.67 bits per heavy atom. The van der Waals surface area contributed by atoms with E-state index in [2.05, 4.69) is 16.3 Å². The van der Waals surface area contributed by atoms with Crippen molar-refractivity contribution < 1.29 is 8.42 Å². The molecule has 7 heteroatoms. The van der Waals surface area contributed by atoms with Gasteiger partial charge in [0.25, 0.3) is 0 Å². The molecule has 0 atom stereocenters. The maximum atomic E-state index is 13.0. The fraction of sp³-hybridized carbons (Fsp3) is 0.300. The Bertz CT molecular complexity index is 1040. The summed E-state index contributed by atoms with van der Waals surface area (Å²) in [5.41, 5.74) is 9.18. The zero-order valence-corrected chi connectivity index (χ0v) is 16.0. The van der Waals surface area contributed by atoms with Crippen molar-refractivity contribution in [3.8, 4) is 0 Å². The summed E-state index contributed by atoms with van der Waals surface area (Å²) in [6.45, 7) is 4.17. The molecule has 1 fully saturated rings. The first kappa shape index (κ1) is 18.0. The van der Waals surface area contributed by atoms with Gasteiger partial charge in [0.15, 0.2) is 0 Å². The molecule has 3 N–H and O–H groups in total. The van der Waals surface area contributed by atoms with Gasteiger partial charge in [-0.25, -0.2) is 12.4 Å². The maximum absolute atomic E-state index is 13.0. The van der Waals surface area contributed by atoms with Crippen LogP contribution in [0.5, 0.6) is 0 Å². The van der Waals surface area contributed by atoms with Gasteiger partial charge in [0.1, 0.15) is 0 Å². The molecule has 0 saturated carbocycles. The van der Waals surface area contributed by atoms with Gasteiger partial charge in [0, 0.05) is 50.0 Å². The summed E-state index contributed by atoms with van der Waals surface area (Å²) < 4.78 is 27.5. The Morgan fingerprint density at radius 3 is 2.37 bits per heavy atom. The number of nitrogens with zero attached hydrogens (tertiary/aromatic N) is 2. The first-order chi connectivity index (χ1) is 13.1. The van der Waals surface area contributed by atoms with E-state index in [0.717, 1.165) is 53.9 Å². The first-order valence-electron chi connectivity index (χ1n) is 9.15. The van der Waals surface area contributed by atoms with Gasteiger partial charge in [0.05, 0.1) is 11.3 Å². The predicted molar refractivity (Wildman–Crippen MR) is 109 cm³/mol. The van der Waals surface area contributed by atoms with Gasteiger partial charge in [-0.2, -0.15) is 0 Å². The number of nitrogens with one attached hydrogen (secondary N) is 1. The molecule has 142 valence electrons. The predicted octanol–water partition coefficient (Wildman–Crippen LogP) is 1.89. The number of fused-ring (bicyclic) bond motifs is 1. The molecule has 1 saturated heterocycles. The molecule has 27 heavy (non-hydrogen) atoms. The lowest BCUT2D eigenvalue weighted by Gasteiger charge is -2.30. The summed E-state index contributed by atoms with van der Waals surface area (Å²) in [7, 11) is -3.51. The molecule has 2 heterocycles. The zero-order chi connectivity index (χ0) is 18.9. The molecule has 0 aliphatic carbocycles. The van der Waals surface area contributed by atoms with Crippen molar-refractivity contribution in [1.29, 1.82) is 0 Å². The summed E-state index contributed by atoms with van der Waals surface area (Å²) in [6.07, 6.45) is 1.67. The van der Waals surface area contributed by atoms with Crippen LogP contribution >= 0.6 is 0 Å². The van der Waals surface area contributed by atoms with Gasteiger partial charge in [-0.3, -0.25) is 0 Å². The van der Waals surface area contributed by atoms with E-state index in [1.54, 1.807) is 6.20 Å². The van der Waals surface area contributed by atoms with Crippen LogP contribution in [0.4, 0.5) is 5.69 Å². The minimum Gasteiger partial charge on any atom is -0.368 e. The fourth-order valence-electron chi connectivity index (χ4n) is 3.60.